The van der Waals surface area contributed by atoms with Crippen molar-refractivity contribution in [2.45, 2.75) is 46.2 Å². The van der Waals surface area contributed by atoms with Gasteiger partial charge < -0.3 is 10.6 Å². The van der Waals surface area contributed by atoms with Crippen molar-refractivity contribution in [1.82, 2.24) is 14.7 Å². The van der Waals surface area contributed by atoms with Crippen LogP contribution >= 0.6 is 24.8 Å². The summed E-state index contributed by atoms with van der Waals surface area (Å²) < 4.78 is 1.79. The van der Waals surface area contributed by atoms with Crippen LogP contribution in [0.25, 0.3) is 0 Å². The Bertz CT molecular complexity index is 454. The van der Waals surface area contributed by atoms with E-state index in [0.717, 1.165) is 37.3 Å². The molecule has 2 N–H and O–H groups in total. The third-order valence-electron chi connectivity index (χ3n) is 4.02. The van der Waals surface area contributed by atoms with E-state index in [1.807, 2.05) is 24.8 Å². The Morgan fingerprint density at radius 1 is 1.38 bits per heavy atom. The number of carbonyl (C=O) groups is 1. The SMILES string of the molecule is Cc1cc(C)n(CC(=O)N2CCC(C(C)N)CC2)n1.Cl.Cl. The lowest BCUT2D eigenvalue weighted by Gasteiger charge is -2.33. The summed E-state index contributed by atoms with van der Waals surface area (Å²) in [6, 6.07) is 2.23. The topological polar surface area (TPSA) is 64.2 Å². The van der Waals surface area contributed by atoms with Gasteiger partial charge in [0.25, 0.3) is 0 Å². The van der Waals surface area contributed by atoms with Crippen LogP contribution in [0, 0.1) is 19.8 Å². The highest BCUT2D eigenvalue weighted by molar-refractivity contribution is 5.85. The molecule has 122 valence electrons. The summed E-state index contributed by atoms with van der Waals surface area (Å²) >= 11 is 0. The average molecular weight is 337 g/mol. The Hall–Kier alpha value is -0.780. The summed E-state index contributed by atoms with van der Waals surface area (Å²) in [6.45, 7) is 7.98. The van der Waals surface area contributed by atoms with Gasteiger partial charge in [-0.3, -0.25) is 9.48 Å². The van der Waals surface area contributed by atoms with Gasteiger partial charge in [-0.1, -0.05) is 0 Å². The zero-order chi connectivity index (χ0) is 14.0. The fourth-order valence-corrected chi connectivity index (χ4v) is 2.74. The molecule has 1 saturated heterocycles. The Labute approximate surface area is 139 Å². The molecule has 0 aliphatic carbocycles. The van der Waals surface area contributed by atoms with Crippen LogP contribution in [0.15, 0.2) is 6.07 Å². The summed E-state index contributed by atoms with van der Waals surface area (Å²) in [7, 11) is 0. The van der Waals surface area contributed by atoms with E-state index in [9.17, 15) is 4.79 Å². The number of piperidine rings is 1. The van der Waals surface area contributed by atoms with E-state index < -0.39 is 0 Å². The van der Waals surface area contributed by atoms with Crippen LogP contribution < -0.4 is 5.73 Å². The molecule has 2 heterocycles. The molecule has 1 aliphatic heterocycles. The lowest BCUT2D eigenvalue weighted by atomic mass is 9.91. The molecular weight excluding hydrogens is 311 g/mol. The highest BCUT2D eigenvalue weighted by Crippen LogP contribution is 2.19. The summed E-state index contributed by atoms with van der Waals surface area (Å²) in [5.74, 6) is 0.715. The molecule has 0 saturated carbocycles. The predicted octanol–water partition coefficient (Wildman–Crippen LogP) is 1.93. The van der Waals surface area contributed by atoms with Crippen molar-refractivity contribution in [2.75, 3.05) is 13.1 Å². The van der Waals surface area contributed by atoms with Crippen molar-refractivity contribution < 1.29 is 4.79 Å². The molecule has 0 bridgehead atoms. The van der Waals surface area contributed by atoms with Gasteiger partial charge in [0.05, 0.1) is 5.69 Å². The first-order chi connectivity index (χ1) is 8.97. The highest BCUT2D eigenvalue weighted by atomic mass is 35.5. The maximum absolute atomic E-state index is 12.2. The first-order valence-corrected chi connectivity index (χ1v) is 7.02. The van der Waals surface area contributed by atoms with Gasteiger partial charge in [-0.25, -0.2) is 0 Å². The molecule has 1 amide bonds. The van der Waals surface area contributed by atoms with Crippen LogP contribution in [0.3, 0.4) is 0 Å². The normalized spacial score (nSPS) is 16.9. The minimum atomic E-state index is 0. The number of aryl methyl sites for hydroxylation is 2. The zero-order valence-corrected chi connectivity index (χ0v) is 14.5. The van der Waals surface area contributed by atoms with E-state index >= 15 is 0 Å². The number of nitrogens with two attached hydrogens (primary N) is 1. The molecule has 21 heavy (non-hydrogen) atoms. The Kier molecular flexibility index (Phi) is 8.29. The molecule has 7 heteroatoms. The van der Waals surface area contributed by atoms with E-state index in [0.29, 0.717) is 12.5 Å². The number of aromatic nitrogens is 2. The van der Waals surface area contributed by atoms with Crippen LogP contribution in [-0.2, 0) is 11.3 Å². The molecule has 0 radical (unpaired) electrons. The van der Waals surface area contributed by atoms with Gasteiger partial charge in [0, 0.05) is 24.8 Å². The third kappa shape index (κ3) is 5.16. The standard InChI is InChI=1S/C14H24N4O.2ClH/c1-10-8-11(2)18(16-10)9-14(19)17-6-4-13(5-7-17)12(3)15;;/h8,12-13H,4-7,9,15H2,1-3H3;2*1H. The van der Waals surface area contributed by atoms with Crippen molar-refractivity contribution in [2.24, 2.45) is 11.7 Å². The number of likely N-dealkylation sites (tertiary alicyclic amines) is 1. The number of carbonyl (C=O) groups excluding carboxylic acids is 1. The molecular formula is C14H26Cl2N4O. The highest BCUT2D eigenvalue weighted by Gasteiger charge is 2.25. The van der Waals surface area contributed by atoms with Crippen molar-refractivity contribution in [3.63, 3.8) is 0 Å². The van der Waals surface area contributed by atoms with Crippen molar-refractivity contribution in [3.05, 3.63) is 17.5 Å². The zero-order valence-electron chi connectivity index (χ0n) is 12.9. The van der Waals surface area contributed by atoms with E-state index in [1.165, 1.54) is 0 Å². The van der Waals surface area contributed by atoms with Crippen LogP contribution in [0.2, 0.25) is 0 Å². The summed E-state index contributed by atoms with van der Waals surface area (Å²) in [4.78, 5) is 14.2. The first-order valence-electron chi connectivity index (χ1n) is 7.02. The monoisotopic (exact) mass is 336 g/mol. The lowest BCUT2D eigenvalue weighted by Crippen LogP contribution is -2.43. The number of hydrogen-bond acceptors (Lipinski definition) is 3. The van der Waals surface area contributed by atoms with Gasteiger partial charge in [-0.2, -0.15) is 5.10 Å². The van der Waals surface area contributed by atoms with E-state index in [2.05, 4.69) is 12.0 Å². The third-order valence-corrected chi connectivity index (χ3v) is 4.02. The second-order valence-corrected chi connectivity index (χ2v) is 5.66. The maximum atomic E-state index is 12.2. The number of rotatable bonds is 3. The first kappa shape index (κ1) is 20.2. The molecule has 5 nitrogen and oxygen atoms in total. The molecule has 1 aromatic heterocycles. The quantitative estimate of drug-likeness (QED) is 0.917. The van der Waals surface area contributed by atoms with Crippen molar-refractivity contribution in [1.29, 1.82) is 0 Å². The smallest absolute Gasteiger partial charge is 0.244 e. The van der Waals surface area contributed by atoms with Crippen LogP contribution in [0.4, 0.5) is 0 Å². The lowest BCUT2D eigenvalue weighted by molar-refractivity contribution is -0.133. The van der Waals surface area contributed by atoms with E-state index in [-0.39, 0.29) is 36.8 Å². The molecule has 2 rings (SSSR count). The molecule has 0 aromatic carbocycles. The summed E-state index contributed by atoms with van der Waals surface area (Å²) in [5, 5.41) is 4.34. The molecule has 1 aromatic rings. The molecule has 1 fully saturated rings. The summed E-state index contributed by atoms with van der Waals surface area (Å²) in [6.07, 6.45) is 2.03. The van der Waals surface area contributed by atoms with Gasteiger partial charge in [0.15, 0.2) is 0 Å². The second-order valence-electron chi connectivity index (χ2n) is 5.66. The van der Waals surface area contributed by atoms with Crippen LogP contribution in [0.1, 0.15) is 31.2 Å². The minimum Gasteiger partial charge on any atom is -0.341 e. The molecule has 1 aliphatic rings. The average Bonchev–Trinajstić information content (AvgIpc) is 2.68. The van der Waals surface area contributed by atoms with Crippen LogP contribution in [-0.4, -0.2) is 39.7 Å². The number of nitrogens with zero attached hydrogens (tertiary/aromatic N) is 3. The van der Waals surface area contributed by atoms with Gasteiger partial charge >= 0.3 is 0 Å². The summed E-state index contributed by atoms with van der Waals surface area (Å²) in [5.41, 5.74) is 7.91. The van der Waals surface area contributed by atoms with E-state index in [1.54, 1.807) is 4.68 Å². The Balaban J connectivity index is 0.00000200. The number of halogens is 2. The van der Waals surface area contributed by atoms with Gasteiger partial charge in [0.1, 0.15) is 6.54 Å². The second kappa shape index (κ2) is 8.61. The van der Waals surface area contributed by atoms with Gasteiger partial charge in [-0.15, -0.1) is 24.8 Å². The Morgan fingerprint density at radius 2 is 1.95 bits per heavy atom. The predicted molar refractivity (Wildman–Crippen MR) is 89.2 cm³/mol. The number of amides is 1. The fraction of sp³-hybridized carbons (Fsp3) is 0.714. The fourth-order valence-electron chi connectivity index (χ4n) is 2.74. The number of hydrogen-bond donors (Lipinski definition) is 1. The van der Waals surface area contributed by atoms with Crippen molar-refractivity contribution >= 4 is 30.7 Å². The minimum absolute atomic E-state index is 0. The van der Waals surface area contributed by atoms with Crippen molar-refractivity contribution in [3.8, 4) is 0 Å². The molecule has 0 spiro atoms. The van der Waals surface area contributed by atoms with E-state index in [4.69, 9.17) is 5.73 Å². The molecule has 1 unspecified atom stereocenters. The van der Waals surface area contributed by atoms with Gasteiger partial charge in [-0.05, 0) is 45.6 Å². The van der Waals surface area contributed by atoms with Gasteiger partial charge in [0.2, 0.25) is 5.91 Å². The maximum Gasteiger partial charge on any atom is 0.244 e. The largest absolute Gasteiger partial charge is 0.341 e. The molecule has 1 atom stereocenters. The van der Waals surface area contributed by atoms with Crippen LogP contribution in [0.5, 0.6) is 0 Å². The Morgan fingerprint density at radius 3 is 2.38 bits per heavy atom.